The van der Waals surface area contributed by atoms with Crippen LogP contribution < -0.4 is 5.32 Å². The third-order valence-electron chi connectivity index (χ3n) is 3.30. The van der Waals surface area contributed by atoms with Crippen LogP contribution >= 0.6 is 0 Å². The molecule has 1 amide bonds. The average molecular weight is 232 g/mol. The van der Waals surface area contributed by atoms with Crippen LogP contribution in [0, 0.1) is 0 Å². The minimum atomic E-state index is 0.496. The lowest BCUT2D eigenvalue weighted by Crippen LogP contribution is -2.37. The number of benzene rings is 1. The molecule has 0 spiro atoms. The topological polar surface area (TPSA) is 32.3 Å². The number of nitrogens with one attached hydrogen (secondary N) is 1. The molecule has 1 aromatic rings. The van der Waals surface area contributed by atoms with Crippen LogP contribution in [0.15, 0.2) is 30.3 Å². The van der Waals surface area contributed by atoms with Crippen molar-refractivity contribution >= 4 is 6.41 Å². The van der Waals surface area contributed by atoms with Gasteiger partial charge >= 0.3 is 0 Å². The van der Waals surface area contributed by atoms with Crippen molar-refractivity contribution in [1.82, 2.24) is 10.2 Å². The van der Waals surface area contributed by atoms with Crippen molar-refractivity contribution < 1.29 is 4.79 Å². The fourth-order valence-electron chi connectivity index (χ4n) is 2.30. The van der Waals surface area contributed by atoms with E-state index < -0.39 is 0 Å². The summed E-state index contributed by atoms with van der Waals surface area (Å²) >= 11 is 0. The second-order valence-corrected chi connectivity index (χ2v) is 4.63. The highest BCUT2D eigenvalue weighted by Gasteiger charge is 2.16. The molecule has 1 aromatic carbocycles. The number of hydrogen-bond acceptors (Lipinski definition) is 2. The van der Waals surface area contributed by atoms with Gasteiger partial charge in [-0.05, 0) is 31.4 Å². The molecule has 1 saturated heterocycles. The summed E-state index contributed by atoms with van der Waals surface area (Å²) in [5.41, 5.74) is 1.29. The Bertz CT molecular complexity index is 333. The van der Waals surface area contributed by atoms with Crippen LogP contribution in [0.5, 0.6) is 0 Å². The number of rotatable bonds is 6. The molecule has 0 unspecified atom stereocenters. The Balaban J connectivity index is 1.77. The number of carbonyl (C=O) groups is 1. The van der Waals surface area contributed by atoms with Gasteiger partial charge in [0, 0.05) is 19.1 Å². The number of carbonyl (C=O) groups excluding carboxylic acids is 1. The molecular weight excluding hydrogens is 212 g/mol. The van der Waals surface area contributed by atoms with Crippen molar-refractivity contribution in [1.29, 1.82) is 0 Å². The zero-order valence-electron chi connectivity index (χ0n) is 10.1. The van der Waals surface area contributed by atoms with E-state index in [0.717, 1.165) is 32.5 Å². The summed E-state index contributed by atoms with van der Waals surface area (Å²) in [6.07, 6.45) is 4.33. The molecule has 0 saturated carbocycles. The summed E-state index contributed by atoms with van der Waals surface area (Å²) in [4.78, 5) is 12.9. The van der Waals surface area contributed by atoms with Crippen molar-refractivity contribution in [2.75, 3.05) is 19.6 Å². The normalized spacial score (nSPS) is 19.2. The third kappa shape index (κ3) is 3.86. The molecule has 1 atom stereocenters. The van der Waals surface area contributed by atoms with E-state index in [1.54, 1.807) is 0 Å². The van der Waals surface area contributed by atoms with Gasteiger partial charge in [0.1, 0.15) is 0 Å². The number of hydrogen-bond donors (Lipinski definition) is 1. The first-order chi connectivity index (χ1) is 8.38. The second-order valence-electron chi connectivity index (χ2n) is 4.63. The van der Waals surface area contributed by atoms with E-state index in [0.29, 0.717) is 6.04 Å². The number of amides is 1. The lowest BCUT2D eigenvalue weighted by molar-refractivity contribution is -0.118. The Labute approximate surface area is 103 Å². The van der Waals surface area contributed by atoms with Gasteiger partial charge in [-0.2, -0.15) is 0 Å². The van der Waals surface area contributed by atoms with Crippen LogP contribution in [0.25, 0.3) is 0 Å². The molecule has 1 heterocycles. The number of nitrogens with zero attached hydrogens (tertiary/aromatic N) is 1. The van der Waals surface area contributed by atoms with Gasteiger partial charge in [-0.1, -0.05) is 30.3 Å². The SMILES string of the molecule is O=CN(CCc1ccccc1)C[C@@H]1CCCN1. The van der Waals surface area contributed by atoms with Gasteiger partial charge in [0.05, 0.1) is 0 Å². The molecule has 1 N–H and O–H groups in total. The van der Waals surface area contributed by atoms with Crippen molar-refractivity contribution in [3.63, 3.8) is 0 Å². The van der Waals surface area contributed by atoms with Gasteiger partial charge in [0.25, 0.3) is 0 Å². The highest BCUT2D eigenvalue weighted by molar-refractivity contribution is 5.47. The van der Waals surface area contributed by atoms with Gasteiger partial charge in [-0.25, -0.2) is 0 Å². The van der Waals surface area contributed by atoms with Gasteiger partial charge < -0.3 is 10.2 Å². The molecule has 92 valence electrons. The second kappa shape index (κ2) is 6.40. The molecule has 0 aliphatic carbocycles. The van der Waals surface area contributed by atoms with Crippen molar-refractivity contribution in [2.45, 2.75) is 25.3 Å². The van der Waals surface area contributed by atoms with Crippen molar-refractivity contribution in [2.24, 2.45) is 0 Å². The van der Waals surface area contributed by atoms with Gasteiger partial charge in [-0.15, -0.1) is 0 Å². The van der Waals surface area contributed by atoms with E-state index in [1.165, 1.54) is 18.4 Å². The largest absolute Gasteiger partial charge is 0.343 e. The summed E-state index contributed by atoms with van der Waals surface area (Å²) in [7, 11) is 0. The fraction of sp³-hybridized carbons (Fsp3) is 0.500. The van der Waals surface area contributed by atoms with Crippen LogP contribution in [-0.2, 0) is 11.2 Å². The lowest BCUT2D eigenvalue weighted by atomic mass is 10.1. The predicted molar refractivity (Wildman–Crippen MR) is 68.8 cm³/mol. The first-order valence-corrected chi connectivity index (χ1v) is 6.35. The van der Waals surface area contributed by atoms with E-state index in [2.05, 4.69) is 17.4 Å². The summed E-state index contributed by atoms with van der Waals surface area (Å²) in [5.74, 6) is 0. The zero-order valence-corrected chi connectivity index (χ0v) is 10.1. The standard InChI is InChI=1S/C14H20N2O/c17-12-16(11-14-7-4-9-15-14)10-8-13-5-2-1-3-6-13/h1-3,5-6,12,14-15H,4,7-11H2/t14-/m0/s1. The van der Waals surface area contributed by atoms with Gasteiger partial charge in [0.2, 0.25) is 6.41 Å². The van der Waals surface area contributed by atoms with E-state index in [1.807, 2.05) is 23.1 Å². The molecule has 0 bridgehead atoms. The van der Waals surface area contributed by atoms with E-state index in [9.17, 15) is 4.79 Å². The quantitative estimate of drug-likeness (QED) is 0.753. The predicted octanol–water partition coefficient (Wildman–Crippen LogP) is 1.44. The molecule has 1 aliphatic rings. The maximum absolute atomic E-state index is 11.0. The monoisotopic (exact) mass is 232 g/mol. The van der Waals surface area contributed by atoms with E-state index >= 15 is 0 Å². The fourth-order valence-corrected chi connectivity index (χ4v) is 2.30. The molecule has 0 radical (unpaired) electrons. The highest BCUT2D eigenvalue weighted by atomic mass is 16.1. The van der Waals surface area contributed by atoms with E-state index in [-0.39, 0.29) is 0 Å². The average Bonchev–Trinajstić information content (AvgIpc) is 2.88. The summed E-state index contributed by atoms with van der Waals surface area (Å²) in [5, 5.41) is 3.42. The molecule has 3 nitrogen and oxygen atoms in total. The first kappa shape index (κ1) is 12.1. The Morgan fingerprint density at radius 2 is 2.18 bits per heavy atom. The molecule has 2 rings (SSSR count). The molecular formula is C14H20N2O. The Kier molecular flexibility index (Phi) is 4.56. The van der Waals surface area contributed by atoms with Crippen LogP contribution in [-0.4, -0.2) is 37.0 Å². The molecule has 0 aromatic heterocycles. The van der Waals surface area contributed by atoms with Crippen LogP contribution in [0.2, 0.25) is 0 Å². The smallest absolute Gasteiger partial charge is 0.209 e. The minimum absolute atomic E-state index is 0.496. The van der Waals surface area contributed by atoms with E-state index in [4.69, 9.17) is 0 Å². The highest BCUT2D eigenvalue weighted by Crippen LogP contribution is 2.07. The summed E-state index contributed by atoms with van der Waals surface area (Å²) in [6, 6.07) is 10.8. The molecule has 1 fully saturated rings. The molecule has 3 heteroatoms. The van der Waals surface area contributed by atoms with Crippen LogP contribution in [0.4, 0.5) is 0 Å². The molecule has 1 aliphatic heterocycles. The summed E-state index contributed by atoms with van der Waals surface area (Å²) in [6.45, 7) is 2.75. The Morgan fingerprint density at radius 3 is 2.82 bits per heavy atom. The zero-order chi connectivity index (χ0) is 11.9. The van der Waals surface area contributed by atoms with Crippen LogP contribution in [0.3, 0.4) is 0 Å². The maximum atomic E-state index is 11.0. The Morgan fingerprint density at radius 1 is 1.35 bits per heavy atom. The summed E-state index contributed by atoms with van der Waals surface area (Å²) < 4.78 is 0. The minimum Gasteiger partial charge on any atom is -0.343 e. The molecule has 17 heavy (non-hydrogen) atoms. The van der Waals surface area contributed by atoms with Gasteiger partial charge in [0.15, 0.2) is 0 Å². The van der Waals surface area contributed by atoms with Gasteiger partial charge in [-0.3, -0.25) is 4.79 Å². The lowest BCUT2D eigenvalue weighted by Gasteiger charge is -2.21. The third-order valence-corrected chi connectivity index (χ3v) is 3.30. The first-order valence-electron chi connectivity index (χ1n) is 6.35. The van der Waals surface area contributed by atoms with Crippen LogP contribution in [0.1, 0.15) is 18.4 Å². The maximum Gasteiger partial charge on any atom is 0.209 e. The van der Waals surface area contributed by atoms with Crippen molar-refractivity contribution in [3.05, 3.63) is 35.9 Å². The Hall–Kier alpha value is -1.35. The van der Waals surface area contributed by atoms with Crippen molar-refractivity contribution in [3.8, 4) is 0 Å².